The molecule has 2 aliphatic heterocycles. The smallest absolute Gasteiger partial charge is 0.435 e. The summed E-state index contributed by atoms with van der Waals surface area (Å²) in [5.41, 5.74) is 0.885. The lowest BCUT2D eigenvalue weighted by atomic mass is 9.80. The molecule has 5 rings (SSSR count). The molecule has 2 bridgehead atoms. The summed E-state index contributed by atoms with van der Waals surface area (Å²) in [6.45, 7) is 3.48. The first-order chi connectivity index (χ1) is 15.1. The Morgan fingerprint density at radius 1 is 1.22 bits per heavy atom. The van der Waals surface area contributed by atoms with Crippen LogP contribution in [0.15, 0.2) is 17.9 Å². The molecule has 32 heavy (non-hydrogen) atoms. The number of nitriles is 1. The van der Waals surface area contributed by atoms with Crippen molar-refractivity contribution in [2.75, 3.05) is 0 Å². The maximum atomic E-state index is 13.2. The Morgan fingerprint density at radius 3 is 2.38 bits per heavy atom. The lowest BCUT2D eigenvalue weighted by Crippen LogP contribution is -2.29. The van der Waals surface area contributed by atoms with Crippen molar-refractivity contribution in [2.45, 2.75) is 45.1 Å². The summed E-state index contributed by atoms with van der Waals surface area (Å²) in [4.78, 5) is 16.0. The number of aryl methyl sites for hydroxylation is 2. The van der Waals surface area contributed by atoms with E-state index in [4.69, 9.17) is 14.7 Å². The zero-order chi connectivity index (χ0) is 22.9. The molecule has 2 saturated heterocycles. The SMILES string of the molecule is Cc1cc(Oc2nc(C(F)(F)F)c(C#N)s2)cc(C)c1C1=C(O)[C@H]2[C@@H](C1=O)[C@H]1CC[C@@H]2O1. The molecule has 0 unspecified atom stereocenters. The summed E-state index contributed by atoms with van der Waals surface area (Å²) in [5.74, 6) is -0.524. The Kier molecular flexibility index (Phi) is 4.62. The number of carbonyl (C=O) groups excluding carboxylic acids is 1. The fourth-order valence-corrected chi connectivity index (χ4v) is 5.91. The highest BCUT2D eigenvalue weighted by molar-refractivity contribution is 7.14. The van der Waals surface area contributed by atoms with E-state index in [9.17, 15) is 23.1 Å². The van der Waals surface area contributed by atoms with E-state index < -0.39 is 16.7 Å². The minimum Gasteiger partial charge on any atom is -0.511 e. The minimum atomic E-state index is -4.76. The number of Topliss-reactive ketones (excluding diaryl/α,β-unsaturated/α-hetero) is 1. The van der Waals surface area contributed by atoms with Crippen LogP contribution >= 0.6 is 11.3 Å². The van der Waals surface area contributed by atoms with Crippen molar-refractivity contribution in [1.82, 2.24) is 4.98 Å². The first kappa shape index (κ1) is 21.0. The van der Waals surface area contributed by atoms with Gasteiger partial charge in [-0.15, -0.1) is 0 Å². The highest BCUT2D eigenvalue weighted by atomic mass is 32.1. The largest absolute Gasteiger partial charge is 0.511 e. The number of rotatable bonds is 3. The second kappa shape index (κ2) is 7.05. The van der Waals surface area contributed by atoms with Crippen LogP contribution in [0.25, 0.3) is 5.57 Å². The number of aliphatic hydroxyl groups excluding tert-OH is 1. The maximum Gasteiger partial charge on any atom is 0.435 e. The van der Waals surface area contributed by atoms with Crippen molar-refractivity contribution in [2.24, 2.45) is 11.8 Å². The van der Waals surface area contributed by atoms with Crippen LogP contribution < -0.4 is 4.74 Å². The number of hydrogen-bond donors (Lipinski definition) is 1. The van der Waals surface area contributed by atoms with Crippen molar-refractivity contribution in [3.8, 4) is 17.0 Å². The molecule has 0 radical (unpaired) electrons. The van der Waals surface area contributed by atoms with Gasteiger partial charge in [-0.1, -0.05) is 11.3 Å². The van der Waals surface area contributed by atoms with E-state index in [1.54, 1.807) is 26.0 Å². The summed E-state index contributed by atoms with van der Waals surface area (Å²) in [6, 6.07) is 4.65. The van der Waals surface area contributed by atoms with Gasteiger partial charge in [0.2, 0.25) is 0 Å². The monoisotopic (exact) mass is 462 g/mol. The molecule has 3 aliphatic rings. The molecule has 4 atom stereocenters. The Bertz CT molecular complexity index is 1200. The second-order valence-corrected chi connectivity index (χ2v) is 9.23. The first-order valence-electron chi connectivity index (χ1n) is 10.0. The molecular formula is C22H17F3N2O4S. The molecule has 3 heterocycles. The van der Waals surface area contributed by atoms with Gasteiger partial charge in [0.15, 0.2) is 11.5 Å². The fraction of sp³-hybridized carbons (Fsp3) is 0.409. The van der Waals surface area contributed by atoms with Crippen LogP contribution in [0.5, 0.6) is 10.9 Å². The number of ketones is 1. The summed E-state index contributed by atoms with van der Waals surface area (Å²) in [6.07, 6.45) is -3.44. The predicted octanol–water partition coefficient (Wildman–Crippen LogP) is 5.09. The molecule has 0 saturated carbocycles. The Hall–Kier alpha value is -2.90. The number of carbonyl (C=O) groups is 1. The summed E-state index contributed by atoms with van der Waals surface area (Å²) in [5, 5.41) is 19.6. The number of thiazole rings is 1. The van der Waals surface area contributed by atoms with Crippen LogP contribution in [0.4, 0.5) is 13.2 Å². The van der Waals surface area contributed by atoms with Gasteiger partial charge >= 0.3 is 6.18 Å². The average molecular weight is 462 g/mol. The topological polar surface area (TPSA) is 92.4 Å². The highest BCUT2D eigenvalue weighted by Crippen LogP contribution is 2.54. The lowest BCUT2D eigenvalue weighted by molar-refractivity contribution is -0.141. The van der Waals surface area contributed by atoms with Gasteiger partial charge < -0.3 is 14.6 Å². The Labute approximate surface area is 184 Å². The van der Waals surface area contributed by atoms with E-state index in [0.717, 1.165) is 12.8 Å². The van der Waals surface area contributed by atoms with Gasteiger partial charge in [0.1, 0.15) is 22.5 Å². The van der Waals surface area contributed by atoms with Crippen molar-refractivity contribution in [1.29, 1.82) is 5.26 Å². The van der Waals surface area contributed by atoms with Crippen molar-refractivity contribution < 1.29 is 32.5 Å². The molecule has 1 aromatic heterocycles. The van der Waals surface area contributed by atoms with Crippen LogP contribution in [0.2, 0.25) is 0 Å². The number of fused-ring (bicyclic) bond motifs is 5. The zero-order valence-electron chi connectivity index (χ0n) is 17.0. The van der Waals surface area contributed by atoms with Gasteiger partial charge in [-0.2, -0.15) is 23.4 Å². The standard InChI is InChI=1S/C22H17F3N2O4S/c1-8-5-10(30-21-27-20(22(23,24)25)13(7-26)32-21)6-9(2)14(8)17-18(28)15-11-3-4-12(31-11)16(15)19(17)29/h5-6,11-12,15-16,28H,3-4H2,1-2H3/t11-,12+,15+,16-/m0/s1. The average Bonchev–Trinajstić information content (AvgIpc) is 3.46. The third-order valence-corrected chi connectivity index (χ3v) is 7.17. The van der Waals surface area contributed by atoms with E-state index in [1.807, 2.05) is 0 Å². The molecule has 166 valence electrons. The third-order valence-electron chi connectivity index (χ3n) is 6.33. The van der Waals surface area contributed by atoms with Crippen molar-refractivity contribution in [3.05, 3.63) is 45.2 Å². The van der Waals surface area contributed by atoms with E-state index >= 15 is 0 Å². The quantitative estimate of drug-likeness (QED) is 0.683. The molecule has 1 aromatic carbocycles. The van der Waals surface area contributed by atoms with E-state index in [-0.39, 0.29) is 46.5 Å². The van der Waals surface area contributed by atoms with Gasteiger partial charge in [-0.3, -0.25) is 4.79 Å². The first-order valence-corrected chi connectivity index (χ1v) is 10.8. The molecule has 1 aliphatic carbocycles. The number of allylic oxidation sites excluding steroid dienone is 1. The number of nitrogens with zero attached hydrogens (tertiary/aromatic N) is 2. The zero-order valence-corrected chi connectivity index (χ0v) is 17.8. The van der Waals surface area contributed by atoms with Crippen LogP contribution in [-0.2, 0) is 15.7 Å². The minimum absolute atomic E-state index is 0.0560. The molecular weight excluding hydrogens is 445 g/mol. The van der Waals surface area contributed by atoms with Gasteiger partial charge in [0.05, 0.1) is 29.6 Å². The normalized spacial score (nSPS) is 26.6. The Morgan fingerprint density at radius 2 is 1.84 bits per heavy atom. The summed E-state index contributed by atoms with van der Waals surface area (Å²) in [7, 11) is 0. The van der Waals surface area contributed by atoms with Gasteiger partial charge in [-0.05, 0) is 55.5 Å². The van der Waals surface area contributed by atoms with Crippen LogP contribution in [0, 0.1) is 37.0 Å². The molecule has 0 spiro atoms. The van der Waals surface area contributed by atoms with Gasteiger partial charge in [-0.25, -0.2) is 0 Å². The molecule has 6 nitrogen and oxygen atoms in total. The molecule has 2 aromatic rings. The number of aliphatic hydroxyl groups is 1. The van der Waals surface area contributed by atoms with Crippen molar-refractivity contribution in [3.63, 3.8) is 0 Å². The van der Waals surface area contributed by atoms with Crippen LogP contribution in [-0.4, -0.2) is 28.1 Å². The highest BCUT2D eigenvalue weighted by Gasteiger charge is 2.59. The molecule has 2 fully saturated rings. The lowest BCUT2D eigenvalue weighted by Gasteiger charge is -2.19. The van der Waals surface area contributed by atoms with Gasteiger partial charge in [0, 0.05) is 0 Å². The second-order valence-electron chi connectivity index (χ2n) is 8.27. The summed E-state index contributed by atoms with van der Waals surface area (Å²) >= 11 is 0.510. The van der Waals surface area contributed by atoms with E-state index in [0.29, 0.717) is 33.6 Å². The fourth-order valence-electron chi connectivity index (χ4n) is 5.16. The number of hydrogen-bond acceptors (Lipinski definition) is 7. The van der Waals surface area contributed by atoms with Crippen LogP contribution in [0.1, 0.15) is 40.1 Å². The number of ether oxygens (including phenoxy) is 2. The van der Waals surface area contributed by atoms with Crippen LogP contribution in [0.3, 0.4) is 0 Å². The molecule has 0 amide bonds. The molecule has 10 heteroatoms. The number of aromatic nitrogens is 1. The summed E-state index contributed by atoms with van der Waals surface area (Å²) < 4.78 is 50.5. The Balaban J connectivity index is 1.48. The molecule has 1 N–H and O–H groups in total. The van der Waals surface area contributed by atoms with Crippen molar-refractivity contribution >= 4 is 22.7 Å². The van der Waals surface area contributed by atoms with E-state index in [2.05, 4.69) is 4.98 Å². The van der Waals surface area contributed by atoms with E-state index in [1.165, 1.54) is 6.07 Å². The number of halogens is 3. The number of benzene rings is 1. The van der Waals surface area contributed by atoms with Gasteiger partial charge in [0.25, 0.3) is 5.19 Å². The number of alkyl halides is 3. The predicted molar refractivity (Wildman–Crippen MR) is 107 cm³/mol. The third kappa shape index (κ3) is 3.03. The maximum absolute atomic E-state index is 13.2.